The molecule has 12 heteroatoms. The van der Waals surface area contributed by atoms with Crippen molar-refractivity contribution in [2.45, 2.75) is 498 Å². The molecule has 0 aliphatic carbocycles. The van der Waals surface area contributed by atoms with E-state index in [1.54, 1.807) is 0 Å². The molecule has 107 heavy (non-hydrogen) atoms. The van der Waals surface area contributed by atoms with Gasteiger partial charge in [0.1, 0.15) is 30.5 Å². The van der Waals surface area contributed by atoms with E-state index in [1.165, 1.54) is 83.5 Å². The van der Waals surface area contributed by atoms with E-state index in [9.17, 15) is 28.8 Å². The highest BCUT2D eigenvalue weighted by atomic mass is 16.6. The maximum Gasteiger partial charge on any atom is 0.311 e. The minimum Gasteiger partial charge on any atom is -0.465 e. The molecule has 0 spiro atoms. The third-order valence-corrected chi connectivity index (χ3v) is 22.7. The van der Waals surface area contributed by atoms with Crippen LogP contribution in [-0.2, 0) is 57.2 Å². The Balaban J connectivity index is -0.000000286. The van der Waals surface area contributed by atoms with E-state index in [2.05, 4.69) is 125 Å². The normalized spacial score (nSPS) is 12.7. The highest BCUT2D eigenvalue weighted by Crippen LogP contribution is 2.34. The van der Waals surface area contributed by atoms with Crippen LogP contribution in [0.3, 0.4) is 0 Å². The molecule has 0 aromatic rings. The zero-order valence-corrected chi connectivity index (χ0v) is 78.6. The molecule has 0 aromatic carbocycles. The number of ether oxygens (including phenoxy) is 6. The van der Waals surface area contributed by atoms with Crippen molar-refractivity contribution in [3.63, 3.8) is 0 Å². The Bertz CT molecular complexity index is 2100. The van der Waals surface area contributed by atoms with Crippen LogP contribution in [0.4, 0.5) is 0 Å². The minimum absolute atomic E-state index is 0.0204. The molecule has 0 fully saturated rings. The summed E-state index contributed by atoms with van der Waals surface area (Å²) in [6.45, 7) is 75.8. The van der Waals surface area contributed by atoms with Crippen LogP contribution in [0.2, 0.25) is 0 Å². The lowest BCUT2D eigenvalue weighted by Gasteiger charge is -2.34. The smallest absolute Gasteiger partial charge is 0.311 e. The van der Waals surface area contributed by atoms with Crippen molar-refractivity contribution in [3.8, 4) is 0 Å². The van der Waals surface area contributed by atoms with Gasteiger partial charge in [-0.05, 0) is 279 Å². The Morgan fingerprint density at radius 2 is 0.523 bits per heavy atom. The van der Waals surface area contributed by atoms with E-state index < -0.39 is 0 Å². The van der Waals surface area contributed by atoms with Crippen LogP contribution >= 0.6 is 0 Å². The predicted octanol–water partition coefficient (Wildman–Crippen LogP) is 29.2. The Hall–Kier alpha value is -3.18. The Kier molecular flexibility index (Phi) is 69.9. The minimum atomic E-state index is -0.365. The largest absolute Gasteiger partial charge is 0.465 e. The van der Waals surface area contributed by atoms with E-state index >= 15 is 0 Å². The van der Waals surface area contributed by atoms with Crippen LogP contribution in [-0.4, -0.2) is 72.9 Å². The number of esters is 6. The van der Waals surface area contributed by atoms with Gasteiger partial charge < -0.3 is 28.4 Å². The molecule has 12 nitrogen and oxygen atoms in total. The van der Waals surface area contributed by atoms with Crippen LogP contribution in [0.25, 0.3) is 0 Å². The van der Waals surface area contributed by atoms with E-state index in [1.807, 2.05) is 125 Å². The molecule has 0 aliphatic rings. The fourth-order valence-electron chi connectivity index (χ4n) is 11.0. The van der Waals surface area contributed by atoms with Gasteiger partial charge in [-0.3, -0.25) is 28.8 Å². The summed E-state index contributed by atoms with van der Waals surface area (Å²) in [5.74, 6) is 3.75. The van der Waals surface area contributed by atoms with Gasteiger partial charge in [0.15, 0.2) is 0 Å². The van der Waals surface area contributed by atoms with E-state index in [0.29, 0.717) is 48.0 Å². The number of unbranched alkanes of at least 4 members (excludes halogenated alkanes) is 8. The molecule has 0 bridgehead atoms. The van der Waals surface area contributed by atoms with Crippen molar-refractivity contribution in [2.24, 2.45) is 73.9 Å². The first-order valence-electron chi connectivity index (χ1n) is 44.9. The van der Waals surface area contributed by atoms with E-state index in [4.69, 9.17) is 28.4 Å². The number of hydrogen-bond donors (Lipinski definition) is 0. The molecule has 0 aliphatic heterocycles. The highest BCUT2D eigenvalue weighted by Gasteiger charge is 2.37. The molecular weight excluding hydrogens is 1330 g/mol. The second-order valence-corrected chi connectivity index (χ2v) is 37.0. The third-order valence-electron chi connectivity index (χ3n) is 22.7. The molecule has 0 radical (unpaired) electrons. The summed E-state index contributed by atoms with van der Waals surface area (Å²) in [5, 5.41) is 0. The maximum atomic E-state index is 12.4. The van der Waals surface area contributed by atoms with Gasteiger partial charge in [-0.15, -0.1) is 0 Å². The number of rotatable bonds is 53. The average Bonchev–Trinajstić information content (AvgIpc) is 0.852. The first-order chi connectivity index (χ1) is 49.7. The third kappa shape index (κ3) is 58.4. The van der Waals surface area contributed by atoms with Crippen LogP contribution in [0.1, 0.15) is 468 Å². The number of carbonyl (C=O) groups excluding carboxylic acids is 6. The molecule has 0 amide bonds. The van der Waals surface area contributed by atoms with Gasteiger partial charge in [-0.25, -0.2) is 0 Å². The van der Waals surface area contributed by atoms with Crippen LogP contribution in [0, 0.1) is 73.9 Å². The second-order valence-electron chi connectivity index (χ2n) is 37.0. The van der Waals surface area contributed by atoms with Crippen molar-refractivity contribution < 1.29 is 57.2 Å². The molecule has 0 aromatic heterocycles. The SMILES string of the molecule is CCC(C)(C)C(=O)OC(CC(C)C)CC(C)C.CCC(C)(C)C(=O)OC(CCC(C)C)CCC(C)C.CCC(CC)C(OC(=O)C(C)(C)CC)C(CC)CC.CCCCC(CC)COC(=O)C(C)(C)CC.CCCCCC(CCCCC)OC(=O)C(C)(C)CC.CCCCCCC(CC)OC(=O)C(C)(C)CC. The Morgan fingerprint density at radius 3 is 0.804 bits per heavy atom. The van der Waals surface area contributed by atoms with E-state index in [-0.39, 0.29) is 98.8 Å². The fourth-order valence-corrected chi connectivity index (χ4v) is 11.0. The van der Waals surface area contributed by atoms with Gasteiger partial charge in [0.05, 0.1) is 39.1 Å². The number of hydrogen-bond acceptors (Lipinski definition) is 12. The highest BCUT2D eigenvalue weighted by molar-refractivity contribution is 5.78. The summed E-state index contributed by atoms with van der Waals surface area (Å²) in [6.07, 6.45) is 36.9. The summed E-state index contributed by atoms with van der Waals surface area (Å²) in [4.78, 5) is 72.4. The van der Waals surface area contributed by atoms with Gasteiger partial charge in [-0.1, -0.05) is 230 Å². The second kappa shape index (κ2) is 65.2. The molecule has 2 unspecified atom stereocenters. The fraction of sp³-hybridized carbons (Fsp3) is 0.937. The first kappa shape index (κ1) is 115. The van der Waals surface area contributed by atoms with Gasteiger partial charge in [-0.2, -0.15) is 0 Å². The van der Waals surface area contributed by atoms with Gasteiger partial charge >= 0.3 is 35.8 Å². The van der Waals surface area contributed by atoms with Crippen molar-refractivity contribution >= 4 is 35.8 Å². The summed E-state index contributed by atoms with van der Waals surface area (Å²) in [7, 11) is 0. The summed E-state index contributed by atoms with van der Waals surface area (Å²) < 4.78 is 34.2. The van der Waals surface area contributed by atoms with Crippen LogP contribution < -0.4 is 0 Å². The molecular formula is C95H190O12. The van der Waals surface area contributed by atoms with Crippen molar-refractivity contribution in [2.75, 3.05) is 6.61 Å². The summed E-state index contributed by atoms with van der Waals surface area (Å²) in [5.41, 5.74) is -2.08. The first-order valence-corrected chi connectivity index (χ1v) is 44.9. The zero-order valence-electron chi connectivity index (χ0n) is 78.6. The standard InChI is InChI=1S/3C17H34O2.2C15H30O2.C14H28O2/c1-8-17(6,7)16(18)19-15(11-9-13(2)3)12-10-14(4)5;1-8-13(9-2)15(14(10-3)11-4)19-16(18)17(6,7)12-5;1-6-9-11-13-15(14-12-10-7-2)19-16(18)17(4,5)8-3;1-8-15(6,7)14(16)17-13(9-11(2)3)10-12(4)5;1-6-9-10-11-12-13(7-2)17-14(16)15(4,5)8-3;1-6-9-10-12(7-2)11-16-13(15)14(4,5)8-3/h2*13-15H,8-12H2,1-7H3;15H,6-14H2,1-5H3;11-13H,8-10H2,1-7H3;13H,6-12H2,1-5H3;12H,6-11H2,1-5H3. The van der Waals surface area contributed by atoms with Crippen molar-refractivity contribution in [1.82, 2.24) is 0 Å². The van der Waals surface area contributed by atoms with Gasteiger partial charge in [0, 0.05) is 0 Å². The average molecular weight is 1520 g/mol. The summed E-state index contributed by atoms with van der Waals surface area (Å²) in [6, 6.07) is 0. The lowest BCUT2D eigenvalue weighted by Crippen LogP contribution is -2.38. The quantitative estimate of drug-likeness (QED) is 0.0323. The summed E-state index contributed by atoms with van der Waals surface area (Å²) >= 11 is 0. The molecule has 0 N–H and O–H groups in total. The maximum absolute atomic E-state index is 12.4. The lowest BCUT2D eigenvalue weighted by molar-refractivity contribution is -0.167. The molecule has 0 rings (SSSR count). The molecule has 0 heterocycles. The van der Waals surface area contributed by atoms with Crippen molar-refractivity contribution in [3.05, 3.63) is 0 Å². The molecule has 2 atom stereocenters. The van der Waals surface area contributed by atoms with Gasteiger partial charge in [0.25, 0.3) is 0 Å². The lowest BCUT2D eigenvalue weighted by atomic mass is 9.83. The molecule has 0 saturated heterocycles. The zero-order chi connectivity index (χ0) is 84.4. The predicted molar refractivity (Wildman–Crippen MR) is 461 cm³/mol. The molecule has 0 saturated carbocycles. The van der Waals surface area contributed by atoms with E-state index in [0.717, 1.165) is 135 Å². The topological polar surface area (TPSA) is 158 Å². The Morgan fingerprint density at radius 1 is 0.252 bits per heavy atom. The monoisotopic (exact) mass is 1520 g/mol. The van der Waals surface area contributed by atoms with Crippen LogP contribution in [0.15, 0.2) is 0 Å². The number of carbonyl (C=O) groups is 6. The van der Waals surface area contributed by atoms with Crippen molar-refractivity contribution in [1.29, 1.82) is 0 Å². The van der Waals surface area contributed by atoms with Crippen LogP contribution in [0.5, 0.6) is 0 Å². The Labute approximate surface area is 668 Å². The van der Waals surface area contributed by atoms with Gasteiger partial charge in [0.2, 0.25) is 0 Å². The molecule has 642 valence electrons.